The molecule has 0 radical (unpaired) electrons. The first-order chi connectivity index (χ1) is 8.72. The lowest BCUT2D eigenvalue weighted by Crippen LogP contribution is -2.19. The zero-order valence-electron chi connectivity index (χ0n) is 10.7. The molecular formula is C15H19BrFN. The van der Waals surface area contributed by atoms with E-state index in [4.69, 9.17) is 0 Å². The molecule has 1 N–H and O–H groups in total. The summed E-state index contributed by atoms with van der Waals surface area (Å²) in [6, 6.07) is 5.56. The van der Waals surface area contributed by atoms with E-state index < -0.39 is 0 Å². The third-order valence-electron chi connectivity index (χ3n) is 3.56. The van der Waals surface area contributed by atoms with Crippen LogP contribution in [0.4, 0.5) is 4.39 Å². The molecule has 0 aromatic heterocycles. The lowest BCUT2D eigenvalue weighted by atomic mass is 9.91. The zero-order valence-corrected chi connectivity index (χ0v) is 12.3. The van der Waals surface area contributed by atoms with Crippen LogP contribution in [0, 0.1) is 5.82 Å². The van der Waals surface area contributed by atoms with E-state index in [2.05, 4.69) is 27.3 Å². The van der Waals surface area contributed by atoms with Crippen LogP contribution in [-0.4, -0.2) is 7.05 Å². The Labute approximate surface area is 117 Å². The molecule has 1 aliphatic rings. The molecular weight excluding hydrogens is 293 g/mol. The highest BCUT2D eigenvalue weighted by Gasteiger charge is 2.17. The monoisotopic (exact) mass is 311 g/mol. The van der Waals surface area contributed by atoms with Crippen LogP contribution in [-0.2, 0) is 0 Å². The summed E-state index contributed by atoms with van der Waals surface area (Å²) in [5.74, 6) is -0.145. The standard InChI is InChI=1S/C15H19BrFN/c1-18-14(10-11-6-3-2-4-7-11)12-8-5-9-13(16)15(12)17/h5-6,8-9,14,18H,2-4,7,10H2,1H3. The lowest BCUT2D eigenvalue weighted by Gasteiger charge is -2.21. The van der Waals surface area contributed by atoms with E-state index in [0.717, 1.165) is 18.4 Å². The summed E-state index contributed by atoms with van der Waals surface area (Å²) in [5, 5.41) is 3.23. The molecule has 3 heteroatoms. The number of halogens is 2. The molecule has 0 saturated carbocycles. The van der Waals surface area contributed by atoms with Crippen molar-refractivity contribution < 1.29 is 4.39 Å². The minimum Gasteiger partial charge on any atom is -0.313 e. The molecule has 1 aromatic rings. The number of hydrogen-bond donors (Lipinski definition) is 1. The van der Waals surface area contributed by atoms with Gasteiger partial charge in [0.15, 0.2) is 0 Å². The van der Waals surface area contributed by atoms with E-state index in [9.17, 15) is 4.39 Å². The summed E-state index contributed by atoms with van der Waals surface area (Å²) in [5.41, 5.74) is 2.21. The molecule has 0 saturated heterocycles. The van der Waals surface area contributed by atoms with Gasteiger partial charge in [-0.3, -0.25) is 0 Å². The lowest BCUT2D eigenvalue weighted by molar-refractivity contribution is 0.516. The maximum Gasteiger partial charge on any atom is 0.142 e. The van der Waals surface area contributed by atoms with Gasteiger partial charge in [0.2, 0.25) is 0 Å². The van der Waals surface area contributed by atoms with Crippen LogP contribution in [0.2, 0.25) is 0 Å². The van der Waals surface area contributed by atoms with Gasteiger partial charge in [-0.15, -0.1) is 0 Å². The van der Waals surface area contributed by atoms with Gasteiger partial charge < -0.3 is 5.32 Å². The Bertz CT molecular complexity index is 442. The van der Waals surface area contributed by atoms with Gasteiger partial charge in [0.25, 0.3) is 0 Å². The fraction of sp³-hybridized carbons (Fsp3) is 0.467. The van der Waals surface area contributed by atoms with Gasteiger partial charge >= 0.3 is 0 Å². The predicted molar refractivity (Wildman–Crippen MR) is 77.1 cm³/mol. The maximum atomic E-state index is 14.1. The van der Waals surface area contributed by atoms with Crippen molar-refractivity contribution in [2.45, 2.75) is 38.1 Å². The largest absolute Gasteiger partial charge is 0.313 e. The molecule has 0 amide bonds. The molecule has 0 heterocycles. The number of hydrogen-bond acceptors (Lipinski definition) is 1. The minimum absolute atomic E-state index is 0.0619. The minimum atomic E-state index is -0.145. The summed E-state index contributed by atoms with van der Waals surface area (Å²) >= 11 is 3.25. The predicted octanol–water partition coefficient (Wildman–Crippen LogP) is 4.74. The second-order valence-electron chi connectivity index (χ2n) is 4.80. The quantitative estimate of drug-likeness (QED) is 0.792. The van der Waals surface area contributed by atoms with Crippen molar-refractivity contribution in [3.05, 3.63) is 45.7 Å². The van der Waals surface area contributed by atoms with Crippen LogP contribution in [0.15, 0.2) is 34.3 Å². The fourth-order valence-corrected chi connectivity index (χ4v) is 2.89. The molecule has 0 bridgehead atoms. The second-order valence-corrected chi connectivity index (χ2v) is 5.65. The van der Waals surface area contributed by atoms with Gasteiger partial charge in [0.1, 0.15) is 5.82 Å². The van der Waals surface area contributed by atoms with E-state index in [0.29, 0.717) is 4.47 Å². The summed E-state index contributed by atoms with van der Waals surface area (Å²) < 4.78 is 14.6. The molecule has 0 aliphatic heterocycles. The van der Waals surface area contributed by atoms with Gasteiger partial charge in [-0.25, -0.2) is 4.39 Å². The van der Waals surface area contributed by atoms with Crippen LogP contribution >= 0.6 is 15.9 Å². The maximum absolute atomic E-state index is 14.1. The third-order valence-corrected chi connectivity index (χ3v) is 4.17. The van der Waals surface area contributed by atoms with Gasteiger partial charge in [-0.05, 0) is 61.1 Å². The first-order valence-corrected chi connectivity index (χ1v) is 7.30. The van der Waals surface area contributed by atoms with E-state index in [1.54, 1.807) is 6.07 Å². The van der Waals surface area contributed by atoms with Crippen LogP contribution in [0.25, 0.3) is 0 Å². The second kappa shape index (κ2) is 6.48. The van der Waals surface area contributed by atoms with E-state index in [-0.39, 0.29) is 11.9 Å². The summed E-state index contributed by atoms with van der Waals surface area (Å²) in [6.07, 6.45) is 8.12. The van der Waals surface area contributed by atoms with Crippen molar-refractivity contribution in [1.82, 2.24) is 5.32 Å². The first-order valence-electron chi connectivity index (χ1n) is 6.51. The Balaban J connectivity index is 2.17. The van der Waals surface area contributed by atoms with Crippen molar-refractivity contribution in [2.75, 3.05) is 7.05 Å². The SMILES string of the molecule is CNC(CC1=CCCCC1)c1cccc(Br)c1F. The van der Waals surface area contributed by atoms with Crippen LogP contribution < -0.4 is 5.32 Å². The first kappa shape index (κ1) is 13.8. The third kappa shape index (κ3) is 3.21. The highest BCUT2D eigenvalue weighted by atomic mass is 79.9. The molecule has 98 valence electrons. The van der Waals surface area contributed by atoms with Crippen molar-refractivity contribution in [3.8, 4) is 0 Å². The Hall–Kier alpha value is -0.670. The van der Waals surface area contributed by atoms with E-state index in [1.165, 1.54) is 24.8 Å². The van der Waals surface area contributed by atoms with Gasteiger partial charge in [-0.2, -0.15) is 0 Å². The Kier molecular flexibility index (Phi) is 4.95. The molecule has 1 nitrogen and oxygen atoms in total. The van der Waals surface area contributed by atoms with Crippen LogP contribution in [0.1, 0.15) is 43.7 Å². The van der Waals surface area contributed by atoms with E-state index in [1.807, 2.05) is 19.2 Å². The average molecular weight is 312 g/mol. The topological polar surface area (TPSA) is 12.0 Å². The number of nitrogens with one attached hydrogen (secondary N) is 1. The Morgan fingerprint density at radius 3 is 2.89 bits per heavy atom. The van der Waals surface area contributed by atoms with Crippen molar-refractivity contribution in [1.29, 1.82) is 0 Å². The molecule has 18 heavy (non-hydrogen) atoms. The average Bonchev–Trinajstić information content (AvgIpc) is 2.41. The van der Waals surface area contributed by atoms with Crippen LogP contribution in [0.5, 0.6) is 0 Å². The highest BCUT2D eigenvalue weighted by molar-refractivity contribution is 9.10. The Morgan fingerprint density at radius 1 is 1.39 bits per heavy atom. The number of benzene rings is 1. The zero-order chi connectivity index (χ0) is 13.0. The summed E-state index contributed by atoms with van der Waals surface area (Å²) in [6.45, 7) is 0. The molecule has 0 spiro atoms. The van der Waals surface area contributed by atoms with Crippen molar-refractivity contribution in [3.63, 3.8) is 0 Å². The molecule has 1 aliphatic carbocycles. The molecule has 1 unspecified atom stereocenters. The highest BCUT2D eigenvalue weighted by Crippen LogP contribution is 2.30. The van der Waals surface area contributed by atoms with Crippen LogP contribution in [0.3, 0.4) is 0 Å². The number of allylic oxidation sites excluding steroid dienone is 1. The fourth-order valence-electron chi connectivity index (χ4n) is 2.51. The van der Waals surface area contributed by atoms with Gasteiger partial charge in [0.05, 0.1) is 4.47 Å². The Morgan fingerprint density at radius 2 is 2.22 bits per heavy atom. The molecule has 2 rings (SSSR count). The summed E-state index contributed by atoms with van der Waals surface area (Å²) in [7, 11) is 1.90. The van der Waals surface area contributed by atoms with Gasteiger partial charge in [0, 0.05) is 11.6 Å². The molecule has 1 atom stereocenters. The van der Waals surface area contributed by atoms with E-state index >= 15 is 0 Å². The molecule has 1 aromatic carbocycles. The normalized spacial score (nSPS) is 17.4. The number of rotatable bonds is 4. The molecule has 0 fully saturated rings. The van der Waals surface area contributed by atoms with Crippen molar-refractivity contribution >= 4 is 15.9 Å². The van der Waals surface area contributed by atoms with Crippen molar-refractivity contribution in [2.24, 2.45) is 0 Å². The van der Waals surface area contributed by atoms with Gasteiger partial charge in [-0.1, -0.05) is 23.8 Å². The smallest absolute Gasteiger partial charge is 0.142 e. The summed E-state index contributed by atoms with van der Waals surface area (Å²) in [4.78, 5) is 0.